The average Bonchev–Trinajstić information content (AvgIpc) is 3.26. The minimum absolute atomic E-state index is 0.109. The molecule has 0 saturated heterocycles. The summed E-state index contributed by atoms with van der Waals surface area (Å²) in [6.45, 7) is 4.93. The van der Waals surface area contributed by atoms with E-state index in [1.807, 2.05) is 13.0 Å². The van der Waals surface area contributed by atoms with Crippen LogP contribution in [0.4, 0.5) is 17.3 Å². The first kappa shape index (κ1) is 21.4. The minimum atomic E-state index is -0.327. The zero-order chi connectivity index (χ0) is 23.8. The van der Waals surface area contributed by atoms with Crippen LogP contribution in [-0.2, 0) is 13.0 Å². The van der Waals surface area contributed by atoms with Gasteiger partial charge in [-0.3, -0.25) is 14.2 Å². The largest absolute Gasteiger partial charge is 0.456 e. The summed E-state index contributed by atoms with van der Waals surface area (Å²) >= 11 is 0. The number of carbonyl (C=O) groups excluding carboxylic acids is 1. The number of carbonyl (C=O) groups is 1. The summed E-state index contributed by atoms with van der Waals surface area (Å²) in [5.74, 6) is 0.858. The molecule has 0 bridgehead atoms. The lowest BCUT2D eigenvalue weighted by molar-refractivity contribution is 0.0995. The predicted octanol–water partition coefficient (Wildman–Crippen LogP) is 3.23. The molecular formula is C25H24N6O3. The molecular weight excluding hydrogens is 432 g/mol. The standard InChI is InChI=1S/C25H24N6O3/c1-15-9-12-31(19-6-4-18(5-7-19)28-23(32)21-8-3-16(2)34-21)24(33)22(15)30-11-10-20-17(14-30)13-27-25(26)29-20/h3-9,12-13H,10-11,14H2,1-2H3,(H,28,32)(H2,26,27,29). The zero-order valence-corrected chi connectivity index (χ0v) is 18.9. The molecule has 4 heterocycles. The first-order chi connectivity index (χ1) is 16.4. The molecule has 5 rings (SSSR count). The number of amides is 1. The molecule has 4 aromatic rings. The Balaban J connectivity index is 1.40. The Morgan fingerprint density at radius 2 is 1.91 bits per heavy atom. The molecule has 0 spiro atoms. The fraction of sp³-hybridized carbons (Fsp3) is 0.200. The van der Waals surface area contributed by atoms with Gasteiger partial charge in [0.15, 0.2) is 5.76 Å². The highest BCUT2D eigenvalue weighted by Crippen LogP contribution is 2.24. The first-order valence-corrected chi connectivity index (χ1v) is 10.9. The second-order valence-electron chi connectivity index (χ2n) is 8.31. The number of nitrogen functional groups attached to an aromatic ring is 1. The van der Waals surface area contributed by atoms with Crippen LogP contribution in [-0.4, -0.2) is 27.0 Å². The predicted molar refractivity (Wildman–Crippen MR) is 129 cm³/mol. The maximum atomic E-state index is 13.5. The van der Waals surface area contributed by atoms with Gasteiger partial charge in [0.2, 0.25) is 5.95 Å². The van der Waals surface area contributed by atoms with Crippen LogP contribution in [0, 0.1) is 13.8 Å². The topological polar surface area (TPSA) is 119 Å². The summed E-state index contributed by atoms with van der Waals surface area (Å²) in [4.78, 5) is 36.3. The van der Waals surface area contributed by atoms with Crippen LogP contribution in [0.5, 0.6) is 0 Å². The van der Waals surface area contributed by atoms with Crippen molar-refractivity contribution < 1.29 is 9.21 Å². The van der Waals surface area contributed by atoms with Crippen LogP contribution in [0.2, 0.25) is 0 Å². The number of nitrogens with zero attached hydrogens (tertiary/aromatic N) is 4. The van der Waals surface area contributed by atoms with E-state index in [4.69, 9.17) is 10.2 Å². The molecule has 34 heavy (non-hydrogen) atoms. The Morgan fingerprint density at radius 1 is 1.12 bits per heavy atom. The van der Waals surface area contributed by atoms with E-state index in [1.165, 1.54) is 0 Å². The number of rotatable bonds is 4. The van der Waals surface area contributed by atoms with Crippen molar-refractivity contribution in [2.24, 2.45) is 0 Å². The average molecular weight is 457 g/mol. The van der Waals surface area contributed by atoms with Crippen molar-refractivity contribution in [2.75, 3.05) is 22.5 Å². The Kier molecular flexibility index (Phi) is 5.37. The molecule has 0 unspecified atom stereocenters. The Labute approximate surface area is 195 Å². The van der Waals surface area contributed by atoms with Crippen molar-refractivity contribution in [2.45, 2.75) is 26.8 Å². The molecule has 9 heteroatoms. The Hall–Kier alpha value is -4.40. The summed E-state index contributed by atoms with van der Waals surface area (Å²) in [6.07, 6.45) is 4.19. The van der Waals surface area contributed by atoms with Crippen molar-refractivity contribution >= 4 is 23.2 Å². The number of nitrogens with one attached hydrogen (secondary N) is 1. The van der Waals surface area contributed by atoms with E-state index in [0.29, 0.717) is 42.3 Å². The molecule has 1 amide bonds. The number of aryl methyl sites for hydroxylation is 2. The van der Waals surface area contributed by atoms with E-state index in [2.05, 4.69) is 20.2 Å². The van der Waals surface area contributed by atoms with Gasteiger partial charge in [-0.2, -0.15) is 0 Å². The summed E-state index contributed by atoms with van der Waals surface area (Å²) in [6, 6.07) is 12.4. The van der Waals surface area contributed by atoms with Gasteiger partial charge >= 0.3 is 0 Å². The van der Waals surface area contributed by atoms with Crippen molar-refractivity contribution in [1.82, 2.24) is 14.5 Å². The molecule has 0 atom stereocenters. The Morgan fingerprint density at radius 3 is 2.65 bits per heavy atom. The number of benzene rings is 1. The maximum Gasteiger partial charge on any atom is 0.291 e. The van der Waals surface area contributed by atoms with Gasteiger partial charge in [0.05, 0.1) is 5.69 Å². The van der Waals surface area contributed by atoms with Gasteiger partial charge in [-0.1, -0.05) is 0 Å². The molecule has 3 N–H and O–H groups in total. The van der Waals surface area contributed by atoms with E-state index in [1.54, 1.807) is 60.3 Å². The van der Waals surface area contributed by atoms with Crippen molar-refractivity contribution in [3.8, 4) is 5.69 Å². The maximum absolute atomic E-state index is 13.5. The lowest BCUT2D eigenvalue weighted by Gasteiger charge is -2.30. The van der Waals surface area contributed by atoms with Gasteiger partial charge in [0.1, 0.15) is 11.4 Å². The molecule has 0 fully saturated rings. The highest BCUT2D eigenvalue weighted by molar-refractivity contribution is 6.02. The number of nitrogens with two attached hydrogens (primary N) is 1. The van der Waals surface area contributed by atoms with Crippen LogP contribution >= 0.6 is 0 Å². The summed E-state index contributed by atoms with van der Waals surface area (Å²) in [7, 11) is 0. The van der Waals surface area contributed by atoms with E-state index in [-0.39, 0.29) is 23.2 Å². The molecule has 9 nitrogen and oxygen atoms in total. The number of hydrogen-bond acceptors (Lipinski definition) is 7. The molecule has 3 aromatic heterocycles. The van der Waals surface area contributed by atoms with Gasteiger partial charge < -0.3 is 20.4 Å². The van der Waals surface area contributed by atoms with Gasteiger partial charge in [-0.05, 0) is 61.9 Å². The fourth-order valence-corrected chi connectivity index (χ4v) is 4.18. The third-order valence-corrected chi connectivity index (χ3v) is 5.90. The third kappa shape index (κ3) is 4.03. The van der Waals surface area contributed by atoms with E-state index in [0.717, 1.165) is 16.8 Å². The molecule has 172 valence electrons. The number of fused-ring (bicyclic) bond motifs is 1. The van der Waals surface area contributed by atoms with Crippen molar-refractivity contribution in [3.05, 3.63) is 93.6 Å². The van der Waals surface area contributed by atoms with Gasteiger partial charge in [-0.25, -0.2) is 9.97 Å². The molecule has 0 radical (unpaired) electrons. The lowest BCUT2D eigenvalue weighted by atomic mass is 10.1. The minimum Gasteiger partial charge on any atom is -0.456 e. The van der Waals surface area contributed by atoms with Crippen LogP contribution in [0.1, 0.15) is 33.1 Å². The third-order valence-electron chi connectivity index (χ3n) is 5.90. The van der Waals surface area contributed by atoms with E-state index >= 15 is 0 Å². The highest BCUT2D eigenvalue weighted by atomic mass is 16.3. The molecule has 0 saturated carbocycles. The SMILES string of the molecule is Cc1ccc(C(=O)Nc2ccc(-n3ccc(C)c(N4CCc5nc(N)ncc5C4)c3=O)cc2)o1. The second-order valence-corrected chi connectivity index (χ2v) is 8.31. The zero-order valence-electron chi connectivity index (χ0n) is 18.9. The van der Waals surface area contributed by atoms with Crippen LogP contribution < -0.4 is 21.5 Å². The fourth-order valence-electron chi connectivity index (χ4n) is 4.18. The van der Waals surface area contributed by atoms with Crippen LogP contribution in [0.3, 0.4) is 0 Å². The van der Waals surface area contributed by atoms with Gasteiger partial charge in [0.25, 0.3) is 11.5 Å². The molecule has 1 aliphatic heterocycles. The number of hydrogen-bond donors (Lipinski definition) is 2. The van der Waals surface area contributed by atoms with E-state index < -0.39 is 0 Å². The number of furan rings is 1. The van der Waals surface area contributed by atoms with Crippen molar-refractivity contribution in [3.63, 3.8) is 0 Å². The monoisotopic (exact) mass is 456 g/mol. The van der Waals surface area contributed by atoms with Gasteiger partial charge in [0, 0.05) is 48.8 Å². The second kappa shape index (κ2) is 8.51. The lowest BCUT2D eigenvalue weighted by Crippen LogP contribution is -2.37. The normalized spacial score (nSPS) is 12.9. The molecule has 0 aliphatic carbocycles. The van der Waals surface area contributed by atoms with E-state index in [9.17, 15) is 9.59 Å². The smallest absolute Gasteiger partial charge is 0.291 e. The van der Waals surface area contributed by atoms with Crippen LogP contribution in [0.15, 0.2) is 64.1 Å². The first-order valence-electron chi connectivity index (χ1n) is 10.9. The summed E-state index contributed by atoms with van der Waals surface area (Å²) in [5.41, 5.74) is 10.4. The van der Waals surface area contributed by atoms with Crippen molar-refractivity contribution in [1.29, 1.82) is 0 Å². The number of pyridine rings is 1. The Bertz CT molecular complexity index is 1440. The summed E-state index contributed by atoms with van der Waals surface area (Å²) in [5, 5.41) is 2.80. The quantitative estimate of drug-likeness (QED) is 0.484. The van der Waals surface area contributed by atoms with Gasteiger partial charge in [-0.15, -0.1) is 0 Å². The molecule has 1 aliphatic rings. The number of anilines is 3. The molecule has 1 aromatic carbocycles. The number of aromatic nitrogens is 3. The summed E-state index contributed by atoms with van der Waals surface area (Å²) < 4.78 is 6.97. The highest BCUT2D eigenvalue weighted by Gasteiger charge is 2.23. The van der Waals surface area contributed by atoms with Crippen LogP contribution in [0.25, 0.3) is 5.69 Å².